The van der Waals surface area contributed by atoms with Crippen LogP contribution in [-0.4, -0.2) is 60.3 Å². The van der Waals surface area contributed by atoms with Crippen molar-refractivity contribution in [2.24, 2.45) is 0 Å². The van der Waals surface area contributed by atoms with Crippen LogP contribution in [0.1, 0.15) is 73.8 Å². The number of hydrogen-bond donors (Lipinski definition) is 3. The number of aromatic nitrogens is 2. The first-order valence-corrected chi connectivity index (χ1v) is 14.6. The molecule has 10 heteroatoms. The lowest BCUT2D eigenvalue weighted by atomic mass is 10.0. The number of amides is 1. The van der Waals surface area contributed by atoms with E-state index in [0.29, 0.717) is 47.7 Å². The summed E-state index contributed by atoms with van der Waals surface area (Å²) < 4.78 is 44.7. The minimum Gasteiger partial charge on any atom is -0.367 e. The Balaban J connectivity index is 0.00000162. The van der Waals surface area contributed by atoms with Crippen molar-refractivity contribution in [3.63, 3.8) is 0 Å². The molecule has 7 nitrogen and oxygen atoms in total. The third-order valence-corrected chi connectivity index (χ3v) is 6.89. The van der Waals surface area contributed by atoms with Gasteiger partial charge in [-0.1, -0.05) is 40.7 Å². The quantitative estimate of drug-likeness (QED) is 0.249. The topological polar surface area (TPSA) is 76.3 Å². The summed E-state index contributed by atoms with van der Waals surface area (Å²) in [4.78, 5) is 17.3. The zero-order valence-electron chi connectivity index (χ0n) is 26.0. The van der Waals surface area contributed by atoms with Crippen LogP contribution in [-0.2, 0) is 6.54 Å². The van der Waals surface area contributed by atoms with Gasteiger partial charge in [0.15, 0.2) is 5.82 Å². The maximum atomic E-state index is 15.0. The van der Waals surface area contributed by atoms with Crippen LogP contribution in [0.5, 0.6) is 0 Å². The number of hydrogen-bond acceptors (Lipinski definition) is 5. The molecule has 1 amide bonds. The lowest BCUT2D eigenvalue weighted by Crippen LogP contribution is -2.44. The number of H-pyrrole nitrogens is 1. The predicted octanol–water partition coefficient (Wildman–Crippen LogP) is 6.95. The number of rotatable bonds is 9. The highest BCUT2D eigenvalue weighted by Gasteiger charge is 2.21. The SMILES string of the molecule is C=Cc1[nH]nc(NC(=O)c2ccc(F)c(N3CCN(C)CC3)c2)c1/C=C(\C)c1c(F)cc(CNC(C)C)cc1F.CCC. The molecule has 2 aromatic carbocycles. The van der Waals surface area contributed by atoms with E-state index in [1.54, 1.807) is 13.0 Å². The summed E-state index contributed by atoms with van der Waals surface area (Å²) in [6, 6.07) is 7.01. The van der Waals surface area contributed by atoms with Crippen LogP contribution in [0.2, 0.25) is 0 Å². The van der Waals surface area contributed by atoms with E-state index in [1.165, 1.54) is 42.8 Å². The summed E-state index contributed by atoms with van der Waals surface area (Å²) in [5.74, 6) is -2.12. The van der Waals surface area contributed by atoms with Crippen LogP contribution in [0, 0.1) is 17.5 Å². The standard InChI is InChI=1S/C30H35F3N6O.C3H8/c1-6-26-22(13-19(4)28-24(32)14-20(15-25(28)33)17-34-18(2)3)29(37-36-26)35-30(40)21-7-8-23(31)27(16-21)39-11-9-38(5)10-12-39;1-3-2/h6-8,13-16,18,34H,1,9-12,17H2,2-5H3,(H2,35,36,37,40);3H2,1-2H3/b19-13+;. The van der Waals surface area contributed by atoms with Gasteiger partial charge in [-0.05, 0) is 67.6 Å². The Morgan fingerprint density at radius 2 is 1.70 bits per heavy atom. The van der Waals surface area contributed by atoms with Crippen LogP contribution >= 0.6 is 0 Å². The molecule has 1 aromatic heterocycles. The molecular weight excluding hydrogens is 553 g/mol. The maximum Gasteiger partial charge on any atom is 0.256 e. The highest BCUT2D eigenvalue weighted by molar-refractivity contribution is 6.06. The molecule has 1 saturated heterocycles. The second-order valence-electron chi connectivity index (χ2n) is 11.0. The zero-order valence-corrected chi connectivity index (χ0v) is 26.0. The lowest BCUT2D eigenvalue weighted by molar-refractivity contribution is 0.102. The number of piperazine rings is 1. The Hall–Kier alpha value is -3.89. The second kappa shape index (κ2) is 15.5. The third-order valence-electron chi connectivity index (χ3n) is 6.89. The molecule has 3 N–H and O–H groups in total. The van der Waals surface area contributed by atoms with Gasteiger partial charge in [-0.25, -0.2) is 13.2 Å². The first-order chi connectivity index (χ1) is 20.5. The molecular formula is C33H43F3N6O. The minimum absolute atomic E-state index is 0.156. The Morgan fingerprint density at radius 3 is 2.28 bits per heavy atom. The van der Waals surface area contributed by atoms with Crippen LogP contribution in [0.15, 0.2) is 36.9 Å². The van der Waals surface area contributed by atoms with Crippen molar-refractivity contribution in [3.05, 3.63) is 82.3 Å². The van der Waals surface area contributed by atoms with E-state index in [2.05, 4.69) is 46.2 Å². The van der Waals surface area contributed by atoms with Gasteiger partial charge in [0, 0.05) is 55.5 Å². The summed E-state index contributed by atoms with van der Waals surface area (Å²) in [7, 11) is 2.01. The fourth-order valence-corrected chi connectivity index (χ4v) is 4.60. The molecule has 0 unspecified atom stereocenters. The molecule has 1 aliphatic rings. The number of carbonyl (C=O) groups is 1. The van der Waals surface area contributed by atoms with Crippen LogP contribution in [0.25, 0.3) is 17.7 Å². The molecule has 2 heterocycles. The Kier molecular flexibility index (Phi) is 12.1. The monoisotopic (exact) mass is 596 g/mol. The van der Waals surface area contributed by atoms with E-state index in [4.69, 9.17) is 0 Å². The number of likely N-dealkylation sites (N-methyl/N-ethyl adjacent to an activating group) is 1. The first-order valence-electron chi connectivity index (χ1n) is 14.6. The van der Waals surface area contributed by atoms with E-state index in [9.17, 15) is 9.18 Å². The number of anilines is 2. The van der Waals surface area contributed by atoms with E-state index in [1.807, 2.05) is 25.8 Å². The third kappa shape index (κ3) is 8.81. The molecule has 0 radical (unpaired) electrons. The number of halogens is 3. The van der Waals surface area contributed by atoms with Gasteiger partial charge in [-0.15, -0.1) is 0 Å². The number of allylic oxidation sites excluding steroid dienone is 1. The van der Waals surface area contributed by atoms with Gasteiger partial charge in [-0.3, -0.25) is 9.89 Å². The summed E-state index contributed by atoms with van der Waals surface area (Å²) in [5, 5.41) is 12.8. The number of carbonyl (C=O) groups excluding carboxylic acids is 1. The number of nitrogens with one attached hydrogen (secondary N) is 3. The van der Waals surface area contributed by atoms with E-state index >= 15 is 8.78 Å². The molecule has 0 bridgehead atoms. The molecule has 1 fully saturated rings. The normalized spacial score (nSPS) is 14.0. The van der Waals surface area contributed by atoms with E-state index < -0.39 is 23.4 Å². The molecule has 4 rings (SSSR count). The summed E-state index contributed by atoms with van der Waals surface area (Å²) in [5.41, 5.74) is 2.13. The van der Waals surface area contributed by atoms with Crippen molar-refractivity contribution in [1.29, 1.82) is 0 Å². The average Bonchev–Trinajstić information content (AvgIpc) is 3.33. The van der Waals surface area contributed by atoms with Gasteiger partial charge >= 0.3 is 0 Å². The average molecular weight is 597 g/mol. The van der Waals surface area contributed by atoms with Crippen molar-refractivity contribution in [3.8, 4) is 0 Å². The fourth-order valence-electron chi connectivity index (χ4n) is 4.60. The fraction of sp³-hybridized carbons (Fsp3) is 0.394. The molecule has 3 aromatic rings. The number of benzene rings is 2. The van der Waals surface area contributed by atoms with E-state index in [-0.39, 0.29) is 23.0 Å². The Morgan fingerprint density at radius 1 is 1.07 bits per heavy atom. The van der Waals surface area contributed by atoms with Crippen molar-refractivity contribution < 1.29 is 18.0 Å². The molecule has 0 spiro atoms. The van der Waals surface area contributed by atoms with Crippen LogP contribution in [0.3, 0.4) is 0 Å². The van der Waals surface area contributed by atoms with Gasteiger partial charge in [0.1, 0.15) is 17.5 Å². The van der Waals surface area contributed by atoms with Gasteiger partial charge in [0.05, 0.1) is 11.4 Å². The predicted molar refractivity (Wildman–Crippen MR) is 171 cm³/mol. The molecule has 232 valence electrons. The Labute approximate surface area is 252 Å². The zero-order chi connectivity index (χ0) is 31.7. The molecule has 0 saturated carbocycles. The first kappa shape index (κ1) is 33.6. The summed E-state index contributed by atoms with van der Waals surface area (Å²) in [6.45, 7) is 16.7. The molecule has 0 atom stereocenters. The highest BCUT2D eigenvalue weighted by Crippen LogP contribution is 2.29. The largest absolute Gasteiger partial charge is 0.367 e. The van der Waals surface area contributed by atoms with Crippen LogP contribution < -0.4 is 15.5 Å². The van der Waals surface area contributed by atoms with Crippen molar-refractivity contribution in [2.75, 3.05) is 43.4 Å². The second-order valence-corrected chi connectivity index (χ2v) is 11.0. The number of nitrogens with zero attached hydrogens (tertiary/aromatic N) is 3. The minimum atomic E-state index is -0.689. The van der Waals surface area contributed by atoms with Gasteiger partial charge in [-0.2, -0.15) is 5.10 Å². The Bertz CT molecular complexity index is 1420. The maximum absolute atomic E-state index is 15.0. The van der Waals surface area contributed by atoms with Crippen molar-refractivity contribution >= 4 is 35.1 Å². The van der Waals surface area contributed by atoms with E-state index in [0.717, 1.165) is 13.1 Å². The van der Waals surface area contributed by atoms with Gasteiger partial charge in [0.25, 0.3) is 5.91 Å². The molecule has 0 aliphatic carbocycles. The smallest absolute Gasteiger partial charge is 0.256 e. The highest BCUT2D eigenvalue weighted by atomic mass is 19.1. The number of aromatic amines is 1. The van der Waals surface area contributed by atoms with Gasteiger partial charge in [0.2, 0.25) is 0 Å². The molecule has 1 aliphatic heterocycles. The summed E-state index contributed by atoms with van der Waals surface area (Å²) in [6.07, 6.45) is 4.29. The van der Waals surface area contributed by atoms with Crippen LogP contribution in [0.4, 0.5) is 24.7 Å². The lowest BCUT2D eigenvalue weighted by Gasteiger charge is -2.34. The summed E-state index contributed by atoms with van der Waals surface area (Å²) >= 11 is 0. The van der Waals surface area contributed by atoms with Gasteiger partial charge < -0.3 is 20.4 Å². The van der Waals surface area contributed by atoms with Crippen molar-refractivity contribution in [2.45, 2.75) is 53.6 Å². The molecule has 43 heavy (non-hydrogen) atoms. The van der Waals surface area contributed by atoms with Crippen molar-refractivity contribution in [1.82, 2.24) is 20.4 Å².